The van der Waals surface area contributed by atoms with Gasteiger partial charge >= 0.3 is 0 Å². The molecule has 0 bridgehead atoms. The lowest BCUT2D eigenvalue weighted by molar-refractivity contribution is -0.140. The first kappa shape index (κ1) is 22.6. The number of carbonyl (C=O) groups excluding carboxylic acids is 2. The fraction of sp³-hybridized carbons (Fsp3) is 0.360. The van der Waals surface area contributed by atoms with Gasteiger partial charge in [-0.15, -0.1) is 0 Å². The highest BCUT2D eigenvalue weighted by Gasteiger charge is 2.45. The van der Waals surface area contributed by atoms with Crippen molar-refractivity contribution in [3.8, 4) is 5.75 Å². The predicted molar refractivity (Wildman–Crippen MR) is 119 cm³/mol. The van der Waals surface area contributed by atoms with Crippen LogP contribution in [0.3, 0.4) is 0 Å². The van der Waals surface area contributed by atoms with E-state index < -0.39 is 17.7 Å². The number of amides is 1. The van der Waals surface area contributed by atoms with Crippen LogP contribution in [0.5, 0.6) is 5.75 Å². The molecule has 1 atom stereocenters. The zero-order valence-electron chi connectivity index (χ0n) is 18.6. The second-order valence-electron chi connectivity index (χ2n) is 8.01. The van der Waals surface area contributed by atoms with Crippen LogP contribution in [0.4, 0.5) is 0 Å². The number of aryl methyl sites for hydroxylation is 2. The summed E-state index contributed by atoms with van der Waals surface area (Å²) in [5.41, 5.74) is 3.15. The first-order valence-corrected chi connectivity index (χ1v) is 10.4. The van der Waals surface area contributed by atoms with Gasteiger partial charge in [-0.2, -0.15) is 0 Å². The largest absolute Gasteiger partial charge is 0.507 e. The van der Waals surface area contributed by atoms with Gasteiger partial charge in [0.05, 0.1) is 31.4 Å². The van der Waals surface area contributed by atoms with Crippen LogP contribution in [-0.2, 0) is 14.3 Å². The van der Waals surface area contributed by atoms with Gasteiger partial charge in [0, 0.05) is 12.1 Å². The minimum Gasteiger partial charge on any atom is -0.507 e. The van der Waals surface area contributed by atoms with Crippen LogP contribution >= 0.6 is 0 Å². The SMILES string of the molecule is COc1ccc(/C(O)=C2/C(=O)C(=O)N(CCOC(C)C)C2c2cccc(C)c2)cc1C. The van der Waals surface area contributed by atoms with Crippen molar-refractivity contribution in [2.75, 3.05) is 20.3 Å². The number of aliphatic hydroxyl groups excluding tert-OH is 1. The first-order valence-electron chi connectivity index (χ1n) is 10.4. The number of rotatable bonds is 7. The summed E-state index contributed by atoms with van der Waals surface area (Å²) in [6.07, 6.45) is 0.0107. The van der Waals surface area contributed by atoms with Crippen molar-refractivity contribution in [1.29, 1.82) is 0 Å². The summed E-state index contributed by atoms with van der Waals surface area (Å²) in [6.45, 7) is 8.19. The molecule has 1 aliphatic heterocycles. The highest BCUT2D eigenvalue weighted by molar-refractivity contribution is 6.46. The first-order chi connectivity index (χ1) is 14.7. The number of likely N-dealkylation sites (tertiary alicyclic amines) is 1. The lowest BCUT2D eigenvalue weighted by atomic mass is 9.94. The molecule has 0 spiro atoms. The fourth-order valence-corrected chi connectivity index (χ4v) is 3.87. The molecule has 2 aromatic carbocycles. The molecule has 164 valence electrons. The standard InChI is InChI=1S/C25H29NO5/c1-15(2)31-12-11-26-22(18-8-6-7-16(3)13-18)21(24(28)25(26)29)23(27)19-9-10-20(30-5)17(4)14-19/h6-10,13-15,22,27H,11-12H2,1-5H3/b23-21-. The van der Waals surface area contributed by atoms with Gasteiger partial charge in [-0.1, -0.05) is 29.8 Å². The summed E-state index contributed by atoms with van der Waals surface area (Å²) in [4.78, 5) is 27.4. The van der Waals surface area contributed by atoms with Gasteiger partial charge < -0.3 is 19.5 Å². The Morgan fingerprint density at radius 1 is 1.13 bits per heavy atom. The van der Waals surface area contributed by atoms with Crippen LogP contribution in [0.1, 0.15) is 42.1 Å². The van der Waals surface area contributed by atoms with E-state index in [2.05, 4.69) is 0 Å². The van der Waals surface area contributed by atoms with Crippen LogP contribution in [0.25, 0.3) is 5.76 Å². The number of benzene rings is 2. The summed E-state index contributed by atoms with van der Waals surface area (Å²) in [7, 11) is 1.57. The van der Waals surface area contributed by atoms with Gasteiger partial charge in [0.2, 0.25) is 0 Å². The van der Waals surface area contributed by atoms with E-state index in [1.807, 2.05) is 52.0 Å². The molecule has 31 heavy (non-hydrogen) atoms. The van der Waals surface area contributed by atoms with Crippen molar-refractivity contribution < 1.29 is 24.2 Å². The number of ether oxygens (including phenoxy) is 2. The molecule has 0 aliphatic carbocycles. The molecule has 1 aliphatic rings. The van der Waals surface area contributed by atoms with Gasteiger partial charge in [-0.3, -0.25) is 9.59 Å². The molecule has 1 fully saturated rings. The molecule has 0 saturated carbocycles. The Labute approximate surface area is 183 Å². The Morgan fingerprint density at radius 3 is 2.48 bits per heavy atom. The normalized spacial score (nSPS) is 18.1. The molecule has 0 aromatic heterocycles. The zero-order chi connectivity index (χ0) is 22.7. The number of methoxy groups -OCH3 is 1. The summed E-state index contributed by atoms with van der Waals surface area (Å²) in [5, 5.41) is 11.1. The lowest BCUT2D eigenvalue weighted by Crippen LogP contribution is -2.33. The number of ketones is 1. The second-order valence-corrected chi connectivity index (χ2v) is 8.01. The van der Waals surface area contributed by atoms with Crippen LogP contribution in [0, 0.1) is 13.8 Å². The van der Waals surface area contributed by atoms with Crippen molar-refractivity contribution in [2.45, 2.75) is 39.8 Å². The number of hydrogen-bond donors (Lipinski definition) is 1. The van der Waals surface area contributed by atoms with E-state index in [9.17, 15) is 14.7 Å². The average Bonchev–Trinajstić information content (AvgIpc) is 2.98. The molecule has 1 heterocycles. The maximum absolute atomic E-state index is 13.0. The van der Waals surface area contributed by atoms with Gasteiger partial charge in [-0.25, -0.2) is 0 Å². The van der Waals surface area contributed by atoms with Crippen molar-refractivity contribution in [1.82, 2.24) is 4.90 Å². The number of nitrogens with zero attached hydrogens (tertiary/aromatic N) is 1. The lowest BCUT2D eigenvalue weighted by Gasteiger charge is -2.26. The molecule has 2 aromatic rings. The third kappa shape index (κ3) is 4.64. The highest BCUT2D eigenvalue weighted by atomic mass is 16.5. The minimum atomic E-state index is -0.693. The molecule has 1 saturated heterocycles. The second kappa shape index (κ2) is 9.35. The topological polar surface area (TPSA) is 76.1 Å². The Bertz CT molecular complexity index is 1020. The smallest absolute Gasteiger partial charge is 0.295 e. The summed E-state index contributed by atoms with van der Waals surface area (Å²) >= 11 is 0. The van der Waals surface area contributed by atoms with E-state index in [1.165, 1.54) is 4.90 Å². The zero-order valence-corrected chi connectivity index (χ0v) is 18.6. The van der Waals surface area contributed by atoms with Crippen molar-refractivity contribution in [3.63, 3.8) is 0 Å². The van der Waals surface area contributed by atoms with Gasteiger partial charge in [-0.05, 0) is 57.0 Å². The molecule has 6 heteroatoms. The molecular formula is C25H29NO5. The Hall–Kier alpha value is -3.12. The highest BCUT2D eigenvalue weighted by Crippen LogP contribution is 2.39. The van der Waals surface area contributed by atoms with Crippen molar-refractivity contribution >= 4 is 17.4 Å². The average molecular weight is 424 g/mol. The number of carbonyl (C=O) groups is 2. The number of hydrogen-bond acceptors (Lipinski definition) is 5. The molecule has 1 unspecified atom stereocenters. The van der Waals surface area contributed by atoms with Crippen molar-refractivity contribution in [2.24, 2.45) is 0 Å². The Morgan fingerprint density at radius 2 is 1.87 bits per heavy atom. The Balaban J connectivity index is 2.11. The number of aliphatic hydroxyl groups is 1. The molecule has 1 amide bonds. The quantitative estimate of drug-likeness (QED) is 0.411. The van der Waals surface area contributed by atoms with Crippen LogP contribution in [-0.4, -0.2) is 48.1 Å². The van der Waals surface area contributed by atoms with Crippen LogP contribution < -0.4 is 4.74 Å². The molecule has 0 radical (unpaired) electrons. The van der Waals surface area contributed by atoms with E-state index in [1.54, 1.807) is 25.3 Å². The van der Waals surface area contributed by atoms with E-state index in [4.69, 9.17) is 9.47 Å². The van der Waals surface area contributed by atoms with E-state index in [0.717, 1.165) is 16.7 Å². The van der Waals surface area contributed by atoms with Crippen LogP contribution in [0.15, 0.2) is 48.0 Å². The molecule has 3 rings (SSSR count). The van der Waals surface area contributed by atoms with E-state index in [0.29, 0.717) is 17.9 Å². The van der Waals surface area contributed by atoms with Gasteiger partial charge in [0.15, 0.2) is 0 Å². The summed E-state index contributed by atoms with van der Waals surface area (Å²) in [5.74, 6) is -0.839. The van der Waals surface area contributed by atoms with E-state index in [-0.39, 0.29) is 24.0 Å². The van der Waals surface area contributed by atoms with E-state index >= 15 is 0 Å². The molecule has 1 N–H and O–H groups in total. The maximum Gasteiger partial charge on any atom is 0.295 e. The monoisotopic (exact) mass is 423 g/mol. The third-order valence-electron chi connectivity index (χ3n) is 5.35. The van der Waals surface area contributed by atoms with Gasteiger partial charge in [0.1, 0.15) is 11.5 Å². The maximum atomic E-state index is 13.0. The molecule has 6 nitrogen and oxygen atoms in total. The van der Waals surface area contributed by atoms with Gasteiger partial charge in [0.25, 0.3) is 11.7 Å². The third-order valence-corrected chi connectivity index (χ3v) is 5.35. The Kier molecular flexibility index (Phi) is 6.81. The van der Waals surface area contributed by atoms with Crippen molar-refractivity contribution in [3.05, 3.63) is 70.3 Å². The minimum absolute atomic E-state index is 0.0107. The molecular weight excluding hydrogens is 394 g/mol. The fourth-order valence-electron chi connectivity index (χ4n) is 3.87. The van der Waals surface area contributed by atoms with Crippen LogP contribution in [0.2, 0.25) is 0 Å². The number of Topliss-reactive ketones (excluding diaryl/α,β-unsaturated/α-hetero) is 1. The summed E-state index contributed by atoms with van der Waals surface area (Å²) in [6, 6.07) is 12.1. The predicted octanol–water partition coefficient (Wildman–Crippen LogP) is 4.16. The summed E-state index contributed by atoms with van der Waals surface area (Å²) < 4.78 is 10.9.